The molecule has 0 spiro atoms. The van der Waals surface area contributed by atoms with Gasteiger partial charge in [0.05, 0.1) is 5.56 Å². The summed E-state index contributed by atoms with van der Waals surface area (Å²) in [6.07, 6.45) is 0. The first-order valence-corrected chi connectivity index (χ1v) is 5.57. The lowest BCUT2D eigenvalue weighted by atomic mass is 10.1. The summed E-state index contributed by atoms with van der Waals surface area (Å²) < 4.78 is 5.56. The smallest absolute Gasteiger partial charge is 0.250 e. The van der Waals surface area contributed by atoms with Crippen LogP contribution in [0.3, 0.4) is 0 Å². The van der Waals surface area contributed by atoms with Gasteiger partial charge in [0, 0.05) is 10.7 Å². The lowest BCUT2D eigenvalue weighted by Crippen LogP contribution is -2.13. The third-order valence-electron chi connectivity index (χ3n) is 2.34. The van der Waals surface area contributed by atoms with Crippen molar-refractivity contribution in [3.8, 4) is 11.5 Å². The summed E-state index contributed by atoms with van der Waals surface area (Å²) >= 11 is 5.77. The second-order valence-electron chi connectivity index (χ2n) is 3.67. The minimum atomic E-state index is -0.589. The van der Waals surface area contributed by atoms with E-state index in [0.29, 0.717) is 22.2 Å². The van der Waals surface area contributed by atoms with Crippen LogP contribution in [-0.2, 0) is 0 Å². The van der Waals surface area contributed by atoms with E-state index in [2.05, 4.69) is 0 Å². The number of hydrogen-bond donors (Lipinski definition) is 2. The summed E-state index contributed by atoms with van der Waals surface area (Å²) in [6, 6.07) is 11.6. The van der Waals surface area contributed by atoms with Crippen molar-refractivity contribution in [3.05, 3.63) is 53.1 Å². The zero-order chi connectivity index (χ0) is 13.1. The lowest BCUT2D eigenvalue weighted by molar-refractivity contribution is 0.100. The van der Waals surface area contributed by atoms with Gasteiger partial charge in [0.25, 0.3) is 5.91 Å². The number of primary amides is 1. The summed E-state index contributed by atoms with van der Waals surface area (Å²) in [7, 11) is 0. The SMILES string of the molecule is NC(=O)c1cc(Oc2ccc(Cl)cc2)ccc1N. The van der Waals surface area contributed by atoms with Gasteiger partial charge in [0.1, 0.15) is 11.5 Å². The van der Waals surface area contributed by atoms with Crippen LogP contribution in [0.4, 0.5) is 5.69 Å². The molecule has 0 bridgehead atoms. The molecule has 1 amide bonds. The summed E-state index contributed by atoms with van der Waals surface area (Å²) in [5, 5.41) is 0.623. The molecule has 0 heterocycles. The minimum Gasteiger partial charge on any atom is -0.457 e. The number of amides is 1. The van der Waals surface area contributed by atoms with Gasteiger partial charge in [-0.1, -0.05) is 11.6 Å². The van der Waals surface area contributed by atoms with Gasteiger partial charge in [0.2, 0.25) is 0 Å². The van der Waals surface area contributed by atoms with Crippen LogP contribution in [0.15, 0.2) is 42.5 Å². The molecule has 0 fully saturated rings. The van der Waals surface area contributed by atoms with Gasteiger partial charge >= 0.3 is 0 Å². The normalized spacial score (nSPS) is 10.1. The van der Waals surface area contributed by atoms with E-state index in [4.69, 9.17) is 27.8 Å². The molecule has 18 heavy (non-hydrogen) atoms. The minimum absolute atomic E-state index is 0.237. The zero-order valence-electron chi connectivity index (χ0n) is 9.39. The van der Waals surface area contributed by atoms with Crippen LogP contribution < -0.4 is 16.2 Å². The fourth-order valence-electron chi connectivity index (χ4n) is 1.45. The van der Waals surface area contributed by atoms with Gasteiger partial charge in [-0.25, -0.2) is 0 Å². The Morgan fingerprint density at radius 2 is 1.67 bits per heavy atom. The molecule has 0 aliphatic heterocycles. The first kappa shape index (κ1) is 12.3. The van der Waals surface area contributed by atoms with Gasteiger partial charge < -0.3 is 16.2 Å². The highest BCUT2D eigenvalue weighted by Gasteiger charge is 2.07. The molecule has 0 saturated heterocycles. The van der Waals surface area contributed by atoms with E-state index in [1.807, 2.05) is 0 Å². The van der Waals surface area contributed by atoms with Crippen LogP contribution >= 0.6 is 11.6 Å². The van der Waals surface area contributed by atoms with Gasteiger partial charge in [-0.3, -0.25) is 4.79 Å². The number of anilines is 1. The second-order valence-corrected chi connectivity index (χ2v) is 4.11. The molecule has 92 valence electrons. The molecule has 0 saturated carbocycles. The standard InChI is InChI=1S/C13H11ClN2O2/c14-8-1-3-9(4-2-8)18-10-5-6-12(15)11(7-10)13(16)17/h1-7H,15H2,(H2,16,17). The average Bonchev–Trinajstić information content (AvgIpc) is 2.34. The van der Waals surface area contributed by atoms with Crippen LogP contribution in [-0.4, -0.2) is 5.91 Å². The lowest BCUT2D eigenvalue weighted by Gasteiger charge is -2.08. The zero-order valence-corrected chi connectivity index (χ0v) is 10.1. The van der Waals surface area contributed by atoms with Gasteiger partial charge in [-0.2, -0.15) is 0 Å². The van der Waals surface area contributed by atoms with E-state index < -0.39 is 5.91 Å². The van der Waals surface area contributed by atoms with Crippen molar-refractivity contribution in [2.75, 3.05) is 5.73 Å². The Bertz CT molecular complexity index is 582. The number of nitrogens with two attached hydrogens (primary N) is 2. The second kappa shape index (κ2) is 4.98. The first-order valence-electron chi connectivity index (χ1n) is 5.19. The Labute approximate surface area is 109 Å². The van der Waals surface area contributed by atoms with E-state index in [0.717, 1.165) is 0 Å². The Balaban J connectivity index is 2.27. The quantitative estimate of drug-likeness (QED) is 0.835. The molecule has 0 radical (unpaired) electrons. The fraction of sp³-hybridized carbons (Fsp3) is 0. The third kappa shape index (κ3) is 2.73. The first-order chi connectivity index (χ1) is 8.56. The van der Waals surface area contributed by atoms with E-state index >= 15 is 0 Å². The molecule has 4 nitrogen and oxygen atoms in total. The molecule has 2 rings (SSSR count). The molecule has 0 unspecified atom stereocenters. The number of rotatable bonds is 3. The Hall–Kier alpha value is -2.20. The van der Waals surface area contributed by atoms with Gasteiger partial charge in [-0.05, 0) is 42.5 Å². The van der Waals surface area contributed by atoms with Crippen LogP contribution in [0, 0.1) is 0 Å². The predicted octanol–water partition coefficient (Wildman–Crippen LogP) is 2.81. The highest BCUT2D eigenvalue weighted by atomic mass is 35.5. The van der Waals surface area contributed by atoms with Gasteiger partial charge in [-0.15, -0.1) is 0 Å². The molecule has 2 aromatic carbocycles. The van der Waals surface area contributed by atoms with Crippen molar-refractivity contribution in [2.24, 2.45) is 5.73 Å². The van der Waals surface area contributed by atoms with Crippen LogP contribution in [0.25, 0.3) is 0 Å². The van der Waals surface area contributed by atoms with Crippen molar-refractivity contribution in [3.63, 3.8) is 0 Å². The molecule has 5 heteroatoms. The molecule has 0 aliphatic rings. The van der Waals surface area contributed by atoms with Gasteiger partial charge in [0.15, 0.2) is 0 Å². The highest BCUT2D eigenvalue weighted by molar-refractivity contribution is 6.30. The number of carbonyl (C=O) groups is 1. The molecule has 0 atom stereocenters. The Kier molecular flexibility index (Phi) is 3.39. The van der Waals surface area contributed by atoms with Crippen LogP contribution in [0.2, 0.25) is 5.02 Å². The highest BCUT2D eigenvalue weighted by Crippen LogP contribution is 2.25. The molecule has 0 aliphatic carbocycles. The molecular weight excluding hydrogens is 252 g/mol. The number of benzene rings is 2. The van der Waals surface area contributed by atoms with Crippen molar-refractivity contribution in [1.29, 1.82) is 0 Å². The molecular formula is C13H11ClN2O2. The Morgan fingerprint density at radius 1 is 1.06 bits per heavy atom. The number of halogens is 1. The number of nitrogen functional groups attached to an aromatic ring is 1. The summed E-state index contributed by atoms with van der Waals surface area (Å²) in [6.45, 7) is 0. The summed E-state index contributed by atoms with van der Waals surface area (Å²) in [4.78, 5) is 11.1. The monoisotopic (exact) mass is 262 g/mol. The van der Waals surface area contributed by atoms with Crippen molar-refractivity contribution in [2.45, 2.75) is 0 Å². The molecule has 0 aromatic heterocycles. The van der Waals surface area contributed by atoms with Crippen molar-refractivity contribution in [1.82, 2.24) is 0 Å². The summed E-state index contributed by atoms with van der Waals surface area (Å²) in [5.74, 6) is 0.508. The molecule has 4 N–H and O–H groups in total. The average molecular weight is 263 g/mol. The largest absolute Gasteiger partial charge is 0.457 e. The third-order valence-corrected chi connectivity index (χ3v) is 2.59. The maximum atomic E-state index is 11.1. The van der Waals surface area contributed by atoms with E-state index in [1.54, 1.807) is 36.4 Å². The predicted molar refractivity (Wildman–Crippen MR) is 70.9 cm³/mol. The van der Waals surface area contributed by atoms with E-state index in [-0.39, 0.29) is 5.56 Å². The Morgan fingerprint density at radius 3 is 2.28 bits per heavy atom. The van der Waals surface area contributed by atoms with E-state index in [1.165, 1.54) is 6.07 Å². The fourth-order valence-corrected chi connectivity index (χ4v) is 1.58. The summed E-state index contributed by atoms with van der Waals surface area (Å²) in [5.41, 5.74) is 11.4. The maximum Gasteiger partial charge on any atom is 0.250 e. The number of hydrogen-bond acceptors (Lipinski definition) is 3. The van der Waals surface area contributed by atoms with Crippen LogP contribution in [0.1, 0.15) is 10.4 Å². The maximum absolute atomic E-state index is 11.1. The number of ether oxygens (including phenoxy) is 1. The van der Waals surface area contributed by atoms with Crippen molar-refractivity contribution >= 4 is 23.2 Å². The van der Waals surface area contributed by atoms with Crippen molar-refractivity contribution < 1.29 is 9.53 Å². The van der Waals surface area contributed by atoms with Crippen LogP contribution in [0.5, 0.6) is 11.5 Å². The topological polar surface area (TPSA) is 78.3 Å². The molecule has 2 aromatic rings. The van der Waals surface area contributed by atoms with E-state index in [9.17, 15) is 4.79 Å². The number of carbonyl (C=O) groups excluding carboxylic acids is 1.